The average molecular weight is 357 g/mol. The lowest BCUT2D eigenvalue weighted by molar-refractivity contribution is -0.166. The Morgan fingerprint density at radius 2 is 2.31 bits per heavy atom. The van der Waals surface area contributed by atoms with Crippen LogP contribution in [0.25, 0.3) is 0 Å². The quantitative estimate of drug-likeness (QED) is 0.818. The van der Waals surface area contributed by atoms with E-state index in [1.54, 1.807) is 30.9 Å². The number of aryl methyl sites for hydroxylation is 1. The molecule has 0 aliphatic carbocycles. The van der Waals surface area contributed by atoms with Crippen molar-refractivity contribution >= 4 is 5.91 Å². The molecule has 2 aliphatic heterocycles. The molecule has 0 aromatic carbocycles. The Kier molecular flexibility index (Phi) is 4.63. The molecular formula is C19H23N3O4. The van der Waals surface area contributed by atoms with Gasteiger partial charge >= 0.3 is 0 Å². The Hall–Kier alpha value is -2.41. The molecule has 26 heavy (non-hydrogen) atoms. The highest BCUT2D eigenvalue weighted by Crippen LogP contribution is 2.38. The largest absolute Gasteiger partial charge is 0.477 e. The number of carbonyl (C=O) groups excluding carboxylic acids is 1. The molecule has 7 heteroatoms. The van der Waals surface area contributed by atoms with E-state index < -0.39 is 0 Å². The molecule has 1 unspecified atom stereocenters. The molecule has 4 rings (SSSR count). The molecule has 0 radical (unpaired) electrons. The highest BCUT2D eigenvalue weighted by Gasteiger charge is 2.49. The van der Waals surface area contributed by atoms with Crippen LogP contribution in [-0.2, 0) is 4.74 Å². The summed E-state index contributed by atoms with van der Waals surface area (Å²) in [4.78, 5) is 22.5. The summed E-state index contributed by atoms with van der Waals surface area (Å²) >= 11 is 0. The van der Waals surface area contributed by atoms with E-state index >= 15 is 0 Å². The standard InChI is InChI=1S/C19H23N3O4/c1-14-16(4-8-24-14)18(23)22-12-19(13-22)10-15(3-9-26-19)2-7-25-17-11-20-5-6-21-17/h4-6,8,11,15H,2-3,7,9-10,12-13H2,1H3. The van der Waals surface area contributed by atoms with E-state index in [0.29, 0.717) is 42.8 Å². The average Bonchev–Trinajstić information content (AvgIpc) is 3.06. The fraction of sp³-hybridized carbons (Fsp3) is 0.526. The van der Waals surface area contributed by atoms with Gasteiger partial charge in [0, 0.05) is 19.0 Å². The summed E-state index contributed by atoms with van der Waals surface area (Å²) in [5.41, 5.74) is 0.451. The molecule has 1 spiro atoms. The fourth-order valence-electron chi connectivity index (χ4n) is 3.86. The Morgan fingerprint density at radius 1 is 1.42 bits per heavy atom. The van der Waals surface area contributed by atoms with E-state index in [1.807, 2.05) is 11.8 Å². The first-order chi connectivity index (χ1) is 12.7. The molecule has 2 aromatic rings. The molecule has 1 atom stereocenters. The lowest BCUT2D eigenvalue weighted by Crippen LogP contribution is -2.66. The second-order valence-corrected chi connectivity index (χ2v) is 7.12. The smallest absolute Gasteiger partial charge is 0.257 e. The van der Waals surface area contributed by atoms with Crippen molar-refractivity contribution in [3.05, 3.63) is 42.2 Å². The number of hydrogen-bond donors (Lipinski definition) is 0. The SMILES string of the molecule is Cc1occc1C(=O)N1CC2(CC(CCOc3cnccn3)CCO2)C1. The highest BCUT2D eigenvalue weighted by molar-refractivity contribution is 5.95. The van der Waals surface area contributed by atoms with Crippen molar-refractivity contribution < 1.29 is 18.7 Å². The molecule has 0 N–H and O–H groups in total. The molecule has 4 heterocycles. The second kappa shape index (κ2) is 7.07. The number of carbonyl (C=O) groups is 1. The zero-order valence-corrected chi connectivity index (χ0v) is 14.9. The Bertz CT molecular complexity index is 755. The lowest BCUT2D eigenvalue weighted by atomic mass is 9.79. The van der Waals surface area contributed by atoms with E-state index in [-0.39, 0.29) is 11.5 Å². The monoisotopic (exact) mass is 357 g/mol. The molecule has 2 aliphatic rings. The van der Waals surface area contributed by atoms with Crippen LogP contribution >= 0.6 is 0 Å². The summed E-state index contributed by atoms with van der Waals surface area (Å²) in [6.07, 6.45) is 9.38. The Morgan fingerprint density at radius 3 is 3.04 bits per heavy atom. The zero-order valence-electron chi connectivity index (χ0n) is 14.9. The molecule has 0 bridgehead atoms. The van der Waals surface area contributed by atoms with Crippen molar-refractivity contribution in [2.45, 2.75) is 31.8 Å². The maximum atomic E-state index is 12.5. The van der Waals surface area contributed by atoms with E-state index in [1.165, 1.54) is 0 Å². The van der Waals surface area contributed by atoms with Gasteiger partial charge in [-0.2, -0.15) is 0 Å². The number of ether oxygens (including phenoxy) is 2. The van der Waals surface area contributed by atoms with Gasteiger partial charge in [0.05, 0.1) is 37.7 Å². The van der Waals surface area contributed by atoms with E-state index in [9.17, 15) is 4.79 Å². The zero-order chi connectivity index (χ0) is 18.0. The van der Waals surface area contributed by atoms with Crippen LogP contribution < -0.4 is 4.74 Å². The molecule has 2 aromatic heterocycles. The van der Waals surface area contributed by atoms with Crippen LogP contribution in [0.15, 0.2) is 35.3 Å². The van der Waals surface area contributed by atoms with Gasteiger partial charge in [0.25, 0.3) is 5.91 Å². The summed E-state index contributed by atoms with van der Waals surface area (Å²) in [5.74, 6) is 1.79. The van der Waals surface area contributed by atoms with Crippen molar-refractivity contribution in [2.75, 3.05) is 26.3 Å². The minimum Gasteiger partial charge on any atom is -0.477 e. The van der Waals surface area contributed by atoms with Gasteiger partial charge in [0.2, 0.25) is 5.88 Å². The maximum absolute atomic E-state index is 12.5. The van der Waals surface area contributed by atoms with E-state index in [4.69, 9.17) is 13.9 Å². The number of hydrogen-bond acceptors (Lipinski definition) is 6. The molecule has 7 nitrogen and oxygen atoms in total. The first-order valence-corrected chi connectivity index (χ1v) is 9.01. The van der Waals surface area contributed by atoms with Crippen LogP contribution in [0.5, 0.6) is 5.88 Å². The third-order valence-electron chi connectivity index (χ3n) is 5.25. The van der Waals surface area contributed by atoms with Gasteiger partial charge in [-0.1, -0.05) is 0 Å². The minimum atomic E-state index is -0.192. The van der Waals surface area contributed by atoms with Crippen LogP contribution in [0.3, 0.4) is 0 Å². The third-order valence-corrected chi connectivity index (χ3v) is 5.25. The number of nitrogens with zero attached hydrogens (tertiary/aromatic N) is 3. The normalized spacial score (nSPS) is 21.4. The van der Waals surface area contributed by atoms with Crippen LogP contribution in [0.2, 0.25) is 0 Å². The van der Waals surface area contributed by atoms with Crippen LogP contribution in [0.1, 0.15) is 35.4 Å². The van der Waals surface area contributed by atoms with Gasteiger partial charge in [-0.25, -0.2) is 4.98 Å². The van der Waals surface area contributed by atoms with Gasteiger partial charge in [-0.15, -0.1) is 0 Å². The number of amides is 1. The van der Waals surface area contributed by atoms with Crippen LogP contribution in [0.4, 0.5) is 0 Å². The summed E-state index contributed by atoms with van der Waals surface area (Å²) in [5, 5.41) is 0. The Labute approximate surface area is 152 Å². The molecule has 0 saturated carbocycles. The summed E-state index contributed by atoms with van der Waals surface area (Å²) in [6, 6.07) is 1.73. The third kappa shape index (κ3) is 3.44. The number of rotatable bonds is 5. The number of aromatic nitrogens is 2. The minimum absolute atomic E-state index is 0.0265. The van der Waals surface area contributed by atoms with Gasteiger partial charge in [-0.05, 0) is 38.2 Å². The topological polar surface area (TPSA) is 77.7 Å². The van der Waals surface area contributed by atoms with Gasteiger partial charge in [0.1, 0.15) is 11.4 Å². The predicted octanol–water partition coefficient (Wildman–Crippen LogP) is 2.47. The molecule has 2 fully saturated rings. The first-order valence-electron chi connectivity index (χ1n) is 9.01. The van der Waals surface area contributed by atoms with Crippen LogP contribution in [0, 0.1) is 12.8 Å². The van der Waals surface area contributed by atoms with Gasteiger partial charge < -0.3 is 18.8 Å². The molecule has 2 saturated heterocycles. The maximum Gasteiger partial charge on any atom is 0.257 e. The molecular weight excluding hydrogens is 334 g/mol. The van der Waals surface area contributed by atoms with Gasteiger partial charge in [0.15, 0.2) is 0 Å². The van der Waals surface area contributed by atoms with E-state index in [2.05, 4.69) is 9.97 Å². The predicted molar refractivity (Wildman–Crippen MR) is 92.9 cm³/mol. The lowest BCUT2D eigenvalue weighted by Gasteiger charge is -2.53. The number of likely N-dealkylation sites (tertiary alicyclic amines) is 1. The van der Waals surface area contributed by atoms with Crippen molar-refractivity contribution in [1.82, 2.24) is 14.9 Å². The molecule has 138 valence electrons. The number of furan rings is 1. The second-order valence-electron chi connectivity index (χ2n) is 7.12. The Balaban J connectivity index is 1.27. The van der Waals surface area contributed by atoms with Crippen molar-refractivity contribution in [1.29, 1.82) is 0 Å². The molecule has 1 amide bonds. The van der Waals surface area contributed by atoms with Crippen molar-refractivity contribution in [2.24, 2.45) is 5.92 Å². The van der Waals surface area contributed by atoms with Crippen molar-refractivity contribution in [3.8, 4) is 5.88 Å². The summed E-state index contributed by atoms with van der Waals surface area (Å²) < 4.78 is 16.9. The first kappa shape index (κ1) is 17.0. The summed E-state index contributed by atoms with van der Waals surface area (Å²) in [7, 11) is 0. The van der Waals surface area contributed by atoms with Gasteiger partial charge in [-0.3, -0.25) is 9.78 Å². The summed E-state index contributed by atoms with van der Waals surface area (Å²) in [6.45, 7) is 4.47. The fourth-order valence-corrected chi connectivity index (χ4v) is 3.86. The highest BCUT2D eigenvalue weighted by atomic mass is 16.5. The van der Waals surface area contributed by atoms with E-state index in [0.717, 1.165) is 25.9 Å². The van der Waals surface area contributed by atoms with Crippen molar-refractivity contribution in [3.63, 3.8) is 0 Å². The van der Waals surface area contributed by atoms with Crippen LogP contribution in [-0.4, -0.2) is 52.7 Å².